The van der Waals surface area contributed by atoms with E-state index in [1.54, 1.807) is 6.20 Å². The smallest absolute Gasteiger partial charge is 0.423 e. The van der Waals surface area contributed by atoms with E-state index < -0.39 is 7.12 Å². The lowest BCUT2D eigenvalue weighted by molar-refractivity contribution is 0.425. The molecule has 0 radical (unpaired) electrons. The molecular weight excluding hydrogens is 738 g/mol. The van der Waals surface area contributed by atoms with Gasteiger partial charge in [0.2, 0.25) is 0 Å². The molecule has 8 aromatic rings. The van der Waals surface area contributed by atoms with E-state index in [4.69, 9.17) is 15.0 Å². The van der Waals surface area contributed by atoms with Crippen molar-refractivity contribution >= 4 is 70.8 Å². The predicted octanol–water partition coefficient (Wildman–Crippen LogP) is 9.94. The number of aromatic nitrogens is 2. The van der Waals surface area contributed by atoms with E-state index in [2.05, 4.69) is 124 Å². The Labute approximate surface area is 354 Å². The van der Waals surface area contributed by atoms with Crippen LogP contribution in [0.1, 0.15) is 22.3 Å². The molecule has 0 bridgehead atoms. The molecular formula is C50H48B2N6O2. The molecule has 0 saturated heterocycles. The Bertz CT molecular complexity index is 2430. The molecule has 1 aliphatic rings. The molecule has 0 spiro atoms. The van der Waals surface area contributed by atoms with Crippen molar-refractivity contribution in [3.63, 3.8) is 0 Å². The Morgan fingerprint density at radius 3 is 1.52 bits per heavy atom. The molecule has 4 N–H and O–H groups in total. The highest BCUT2D eigenvalue weighted by Gasteiger charge is 2.45. The summed E-state index contributed by atoms with van der Waals surface area (Å²) in [4.78, 5) is 13.8. The van der Waals surface area contributed by atoms with Crippen LogP contribution in [0.25, 0.3) is 0 Å². The van der Waals surface area contributed by atoms with Crippen molar-refractivity contribution in [3.05, 3.63) is 217 Å². The number of pyridine rings is 2. The van der Waals surface area contributed by atoms with Gasteiger partial charge in [-0.2, -0.15) is 0 Å². The largest absolute Gasteiger partial charge is 0.488 e. The Balaban J connectivity index is 0.000000152. The number of nitrogens with one attached hydrogen (secondary N) is 2. The fraction of sp³-hybridized carbons (Fsp3) is 0.0800. The summed E-state index contributed by atoms with van der Waals surface area (Å²) >= 11 is 0. The van der Waals surface area contributed by atoms with Gasteiger partial charge in [0.25, 0.3) is 0 Å². The standard InChI is InChI=1S/C25H22BN3.C17H15N3.C8H11BO2/c1-19-11-10-12-20(2)25(19)26-28(21-13-4-3-5-14-21)22-15-6-7-16-23(22)29(26)24-17-8-9-18-27-24;1-2-8-14(9-3-1)19-15-10-4-5-11-16(15)20-17-12-6-7-13-18-17;1-6-4-3-5-7(2)8(6)9(10)11/h3-18H,1-2H3;1-13,19H,(H,18,20);3-5,10-11H,1-2H3. The monoisotopic (exact) mass is 786 g/mol. The maximum atomic E-state index is 8.94. The summed E-state index contributed by atoms with van der Waals surface area (Å²) in [7, 11) is -1.35. The molecule has 0 unspecified atom stereocenters. The Kier molecular flexibility index (Phi) is 13.4. The van der Waals surface area contributed by atoms with Gasteiger partial charge in [0.05, 0.1) is 22.7 Å². The van der Waals surface area contributed by atoms with Gasteiger partial charge >= 0.3 is 14.1 Å². The number of aryl methyl sites for hydroxylation is 4. The average Bonchev–Trinajstić information content (AvgIpc) is 3.61. The maximum absolute atomic E-state index is 8.94. The van der Waals surface area contributed by atoms with Gasteiger partial charge in [-0.1, -0.05) is 131 Å². The highest BCUT2D eigenvalue weighted by atomic mass is 16.4. The first-order valence-corrected chi connectivity index (χ1v) is 20.0. The lowest BCUT2D eigenvalue weighted by Gasteiger charge is -2.31. The molecule has 2 aromatic heterocycles. The summed E-state index contributed by atoms with van der Waals surface area (Å²) in [5.74, 6) is 1.78. The Hall–Kier alpha value is -7.13. The van der Waals surface area contributed by atoms with E-state index in [0.717, 1.165) is 39.8 Å². The van der Waals surface area contributed by atoms with Crippen LogP contribution in [0, 0.1) is 27.7 Å². The van der Waals surface area contributed by atoms with Crippen LogP contribution in [0.3, 0.4) is 0 Å². The van der Waals surface area contributed by atoms with Crippen LogP contribution in [0.2, 0.25) is 0 Å². The van der Waals surface area contributed by atoms with Crippen LogP contribution in [0.4, 0.5) is 45.8 Å². The van der Waals surface area contributed by atoms with E-state index in [1.165, 1.54) is 33.7 Å². The van der Waals surface area contributed by atoms with E-state index in [1.807, 2.05) is 117 Å². The highest BCUT2D eigenvalue weighted by molar-refractivity contribution is 6.85. The summed E-state index contributed by atoms with van der Waals surface area (Å²) in [5, 5.41) is 24.6. The first-order valence-electron chi connectivity index (χ1n) is 20.0. The Morgan fingerprint density at radius 2 is 0.967 bits per heavy atom. The zero-order valence-corrected chi connectivity index (χ0v) is 34.3. The van der Waals surface area contributed by atoms with Crippen LogP contribution in [0.5, 0.6) is 0 Å². The molecule has 1 aliphatic heterocycles. The minimum Gasteiger partial charge on any atom is -0.423 e. The molecule has 296 valence electrons. The maximum Gasteiger partial charge on any atom is 0.488 e. The molecule has 0 aliphatic carbocycles. The second-order valence-electron chi connectivity index (χ2n) is 14.5. The number of hydrogen-bond acceptors (Lipinski definition) is 8. The number of rotatable bonds is 8. The second-order valence-corrected chi connectivity index (χ2v) is 14.5. The third-order valence-electron chi connectivity index (χ3n) is 10.3. The number of anilines is 8. The normalized spacial score (nSPS) is 11.4. The van der Waals surface area contributed by atoms with Gasteiger partial charge in [-0.25, -0.2) is 9.97 Å². The molecule has 0 atom stereocenters. The number of hydrogen-bond donors (Lipinski definition) is 4. The number of nitrogens with zero attached hydrogens (tertiary/aromatic N) is 4. The van der Waals surface area contributed by atoms with Gasteiger partial charge in [0.15, 0.2) is 0 Å². The lowest BCUT2D eigenvalue weighted by atomic mass is 9.61. The highest BCUT2D eigenvalue weighted by Crippen LogP contribution is 2.45. The van der Waals surface area contributed by atoms with Crippen LogP contribution in [0.15, 0.2) is 194 Å². The quantitative estimate of drug-likeness (QED) is 0.113. The zero-order chi connectivity index (χ0) is 41.8. The third-order valence-corrected chi connectivity index (χ3v) is 10.3. The fourth-order valence-corrected chi connectivity index (χ4v) is 7.54. The van der Waals surface area contributed by atoms with Gasteiger partial charge in [-0.3, -0.25) is 0 Å². The lowest BCUT2D eigenvalue weighted by Crippen LogP contribution is -2.55. The minimum absolute atomic E-state index is 0.00843. The molecule has 60 heavy (non-hydrogen) atoms. The van der Waals surface area contributed by atoms with Crippen molar-refractivity contribution < 1.29 is 10.0 Å². The summed E-state index contributed by atoms with van der Waals surface area (Å²) in [5.41, 5.74) is 12.9. The molecule has 0 amide bonds. The van der Waals surface area contributed by atoms with Gasteiger partial charge in [0.1, 0.15) is 11.6 Å². The fourth-order valence-electron chi connectivity index (χ4n) is 7.54. The number of para-hydroxylation sites is 6. The SMILES string of the molecule is Cc1cccc(C)c1B(O)O.Cc1cccc(C)c1B1N(c2ccccc2)c2ccccc2N1c1ccccn1.c1ccc(Nc2ccccc2Nc2ccccn2)cc1. The molecule has 8 nitrogen and oxygen atoms in total. The van der Waals surface area contributed by atoms with Crippen molar-refractivity contribution in [1.82, 2.24) is 9.97 Å². The van der Waals surface area contributed by atoms with Crippen molar-refractivity contribution in [3.8, 4) is 0 Å². The van der Waals surface area contributed by atoms with Crippen LogP contribution >= 0.6 is 0 Å². The van der Waals surface area contributed by atoms with Crippen molar-refractivity contribution in [2.24, 2.45) is 0 Å². The summed E-state index contributed by atoms with van der Waals surface area (Å²) in [6.07, 6.45) is 3.64. The number of benzene rings is 6. The van der Waals surface area contributed by atoms with E-state index in [-0.39, 0.29) is 6.98 Å². The molecule has 10 heteroatoms. The number of fused-ring (bicyclic) bond motifs is 1. The molecule has 0 saturated carbocycles. The first kappa shape index (κ1) is 41.0. The van der Waals surface area contributed by atoms with Gasteiger partial charge < -0.3 is 30.3 Å². The minimum atomic E-state index is -1.35. The van der Waals surface area contributed by atoms with Gasteiger partial charge in [-0.15, -0.1) is 0 Å². The van der Waals surface area contributed by atoms with E-state index in [0.29, 0.717) is 5.46 Å². The molecule has 6 aromatic carbocycles. The third kappa shape index (κ3) is 9.59. The van der Waals surface area contributed by atoms with E-state index >= 15 is 0 Å². The average molecular weight is 787 g/mol. The first-order chi connectivity index (χ1) is 29.3. The van der Waals surface area contributed by atoms with Crippen molar-refractivity contribution in [1.29, 1.82) is 0 Å². The molecule has 0 fully saturated rings. The van der Waals surface area contributed by atoms with E-state index in [9.17, 15) is 0 Å². The predicted molar refractivity (Wildman–Crippen MR) is 252 cm³/mol. The molecule has 3 heterocycles. The van der Waals surface area contributed by atoms with Crippen LogP contribution in [-0.2, 0) is 0 Å². The van der Waals surface area contributed by atoms with Crippen molar-refractivity contribution in [2.75, 3.05) is 20.3 Å². The van der Waals surface area contributed by atoms with Crippen LogP contribution in [-0.4, -0.2) is 34.1 Å². The van der Waals surface area contributed by atoms with Crippen LogP contribution < -0.4 is 31.2 Å². The Morgan fingerprint density at radius 1 is 0.467 bits per heavy atom. The second kappa shape index (κ2) is 19.5. The summed E-state index contributed by atoms with van der Waals surface area (Å²) in [6, 6.07) is 61.5. The molecule has 9 rings (SSSR count). The summed E-state index contributed by atoms with van der Waals surface area (Å²) < 4.78 is 0. The topological polar surface area (TPSA) is 96.8 Å². The zero-order valence-electron chi connectivity index (χ0n) is 34.3. The van der Waals surface area contributed by atoms with Crippen molar-refractivity contribution in [2.45, 2.75) is 27.7 Å². The van der Waals surface area contributed by atoms with Gasteiger partial charge in [-0.05, 0) is 111 Å². The summed E-state index contributed by atoms with van der Waals surface area (Å²) in [6.45, 7) is 8.12. The van der Waals surface area contributed by atoms with Gasteiger partial charge in [0, 0.05) is 23.8 Å².